The number of fused-ring (bicyclic) bond motifs is 1. The Morgan fingerprint density at radius 2 is 1.61 bits per heavy atom. The van der Waals surface area contributed by atoms with Crippen molar-refractivity contribution in [2.24, 2.45) is 5.73 Å². The fourth-order valence-electron chi connectivity index (χ4n) is 3.47. The molecule has 0 amide bonds. The van der Waals surface area contributed by atoms with Crippen LogP contribution >= 0.6 is 0 Å². The van der Waals surface area contributed by atoms with E-state index >= 15 is 0 Å². The lowest BCUT2D eigenvalue weighted by molar-refractivity contribution is -0.453. The fourth-order valence-corrected chi connectivity index (χ4v) is 3.47. The molecule has 3 aromatic carbocycles. The molecule has 0 atom stereocenters. The number of benzene rings is 3. The van der Waals surface area contributed by atoms with E-state index in [0.29, 0.717) is 46.9 Å². The number of alkyl halides is 3. The van der Waals surface area contributed by atoms with Gasteiger partial charge in [0.05, 0.1) is 23.2 Å². The smallest absolute Gasteiger partial charge is 0.398 e. The summed E-state index contributed by atoms with van der Waals surface area (Å²) in [6.45, 7) is 0.849. The van der Waals surface area contributed by atoms with Crippen molar-refractivity contribution in [3.8, 4) is 11.4 Å². The Labute approximate surface area is 188 Å². The number of halogens is 3. The number of nitrogens with one attached hydrogen (secondary N) is 2. The van der Waals surface area contributed by atoms with E-state index in [0.717, 1.165) is 6.07 Å². The summed E-state index contributed by atoms with van der Waals surface area (Å²) in [5, 5.41) is 3.89. The summed E-state index contributed by atoms with van der Waals surface area (Å²) in [6, 6.07) is 19.7. The van der Waals surface area contributed by atoms with Crippen molar-refractivity contribution in [2.75, 3.05) is 24.1 Å². The molecule has 0 aliphatic rings. The van der Waals surface area contributed by atoms with Gasteiger partial charge in [0.2, 0.25) is 0 Å². The number of anilines is 2. The number of hydrogen-bond donors (Lipinski definition) is 4. The van der Waals surface area contributed by atoms with E-state index in [9.17, 15) is 13.2 Å². The van der Waals surface area contributed by atoms with Crippen LogP contribution in [-0.4, -0.2) is 28.9 Å². The minimum Gasteiger partial charge on any atom is -0.398 e. The largest absolute Gasteiger partial charge is 0.417 e. The van der Waals surface area contributed by atoms with Gasteiger partial charge in [-0.2, -0.15) is 13.2 Å². The molecule has 0 saturated carbocycles. The lowest BCUT2D eigenvalue weighted by Gasteiger charge is -2.14. The van der Waals surface area contributed by atoms with Crippen LogP contribution in [0.2, 0.25) is 0 Å². The Kier molecular flexibility index (Phi) is 6.12. The Bertz CT molecular complexity index is 1320. The van der Waals surface area contributed by atoms with Crippen molar-refractivity contribution in [2.45, 2.75) is 6.18 Å². The second kappa shape index (κ2) is 9.15. The van der Waals surface area contributed by atoms with Crippen molar-refractivity contribution < 1.29 is 18.2 Å². The van der Waals surface area contributed by atoms with Crippen LogP contribution in [0.3, 0.4) is 0 Å². The van der Waals surface area contributed by atoms with Gasteiger partial charge in [0.15, 0.2) is 5.82 Å². The van der Waals surface area contributed by atoms with Gasteiger partial charge >= 0.3 is 6.18 Å². The van der Waals surface area contributed by atoms with Crippen LogP contribution in [0.4, 0.5) is 24.7 Å². The SMILES string of the molecule is NC(=[NH+]CCNc1nc(-c2ccccc2C(F)(F)F)nc2ccccc12)c1ccccc1N. The van der Waals surface area contributed by atoms with Crippen molar-refractivity contribution >= 4 is 28.2 Å². The fraction of sp³-hybridized carbons (Fsp3) is 0.125. The van der Waals surface area contributed by atoms with Gasteiger partial charge in [-0.3, -0.25) is 10.7 Å². The number of para-hydroxylation sites is 2. The third kappa shape index (κ3) is 4.87. The maximum Gasteiger partial charge on any atom is 0.417 e. The summed E-state index contributed by atoms with van der Waals surface area (Å²) >= 11 is 0. The Balaban J connectivity index is 1.62. The molecule has 6 nitrogen and oxygen atoms in total. The maximum absolute atomic E-state index is 13.5. The first kappa shape index (κ1) is 22.1. The molecule has 33 heavy (non-hydrogen) atoms. The number of nitrogen functional groups attached to an aromatic ring is 2. The van der Waals surface area contributed by atoms with Crippen LogP contribution in [0.1, 0.15) is 11.1 Å². The summed E-state index contributed by atoms with van der Waals surface area (Å²) in [7, 11) is 0. The van der Waals surface area contributed by atoms with E-state index < -0.39 is 11.7 Å². The minimum atomic E-state index is -4.52. The predicted molar refractivity (Wildman–Crippen MR) is 123 cm³/mol. The van der Waals surface area contributed by atoms with Crippen LogP contribution in [0.5, 0.6) is 0 Å². The molecule has 4 rings (SSSR count). The molecule has 1 heterocycles. The number of nitrogens with zero attached hydrogens (tertiary/aromatic N) is 2. The van der Waals surface area contributed by atoms with Gasteiger partial charge < -0.3 is 11.1 Å². The van der Waals surface area contributed by atoms with E-state index in [1.165, 1.54) is 18.2 Å². The average molecular weight is 451 g/mol. The van der Waals surface area contributed by atoms with Crippen molar-refractivity contribution in [1.82, 2.24) is 9.97 Å². The first-order valence-electron chi connectivity index (χ1n) is 10.2. The zero-order chi connectivity index (χ0) is 23.4. The highest BCUT2D eigenvalue weighted by atomic mass is 19.4. The van der Waals surface area contributed by atoms with Gasteiger partial charge in [0.1, 0.15) is 12.4 Å². The highest BCUT2D eigenvalue weighted by Crippen LogP contribution is 2.36. The molecule has 6 N–H and O–H groups in total. The maximum atomic E-state index is 13.5. The highest BCUT2D eigenvalue weighted by Gasteiger charge is 2.34. The number of nitrogens with two attached hydrogens (primary N) is 2. The normalized spacial score (nSPS) is 12.2. The van der Waals surface area contributed by atoms with Crippen LogP contribution in [0.25, 0.3) is 22.3 Å². The van der Waals surface area contributed by atoms with E-state index in [2.05, 4.69) is 20.3 Å². The van der Waals surface area contributed by atoms with Crippen molar-refractivity contribution in [3.63, 3.8) is 0 Å². The number of rotatable bonds is 6. The first-order valence-corrected chi connectivity index (χ1v) is 10.2. The summed E-state index contributed by atoms with van der Waals surface area (Å²) in [6.07, 6.45) is -4.52. The van der Waals surface area contributed by atoms with Crippen LogP contribution in [-0.2, 0) is 6.18 Å². The first-order chi connectivity index (χ1) is 15.8. The second-order valence-corrected chi connectivity index (χ2v) is 7.31. The lowest BCUT2D eigenvalue weighted by Crippen LogP contribution is -2.77. The molecule has 0 fully saturated rings. The highest BCUT2D eigenvalue weighted by molar-refractivity contribution is 5.98. The molecule has 4 aromatic rings. The Morgan fingerprint density at radius 1 is 0.909 bits per heavy atom. The molecule has 0 aliphatic carbocycles. The van der Waals surface area contributed by atoms with Crippen LogP contribution < -0.4 is 21.8 Å². The van der Waals surface area contributed by atoms with E-state index in [-0.39, 0.29) is 11.4 Å². The monoisotopic (exact) mass is 451 g/mol. The summed E-state index contributed by atoms with van der Waals surface area (Å²) in [5.41, 5.74) is 13.0. The van der Waals surface area contributed by atoms with Crippen LogP contribution in [0, 0.1) is 0 Å². The minimum absolute atomic E-state index is 0.000203. The molecular formula is C24H22F3N6+. The molecule has 0 spiro atoms. The zero-order valence-corrected chi connectivity index (χ0v) is 17.5. The van der Waals surface area contributed by atoms with E-state index in [4.69, 9.17) is 11.5 Å². The third-order valence-corrected chi connectivity index (χ3v) is 5.06. The van der Waals surface area contributed by atoms with Gasteiger partial charge in [-0.1, -0.05) is 42.5 Å². The Hall–Kier alpha value is -4.14. The van der Waals surface area contributed by atoms with Crippen LogP contribution in [0.15, 0.2) is 72.8 Å². The topological polar surface area (TPSA) is 104 Å². The lowest BCUT2D eigenvalue weighted by atomic mass is 10.1. The molecule has 0 aliphatic heterocycles. The van der Waals surface area contributed by atoms with Gasteiger partial charge in [-0.25, -0.2) is 9.97 Å². The van der Waals surface area contributed by atoms with Gasteiger partial charge in [-0.05, 0) is 30.3 Å². The molecule has 168 valence electrons. The summed E-state index contributed by atoms with van der Waals surface area (Å²) in [5.74, 6) is 0.870. The van der Waals surface area contributed by atoms with Gasteiger partial charge in [-0.15, -0.1) is 0 Å². The van der Waals surface area contributed by atoms with E-state index in [1.807, 2.05) is 30.3 Å². The third-order valence-electron chi connectivity index (χ3n) is 5.06. The van der Waals surface area contributed by atoms with E-state index in [1.54, 1.807) is 18.2 Å². The molecule has 0 unspecified atom stereocenters. The zero-order valence-electron chi connectivity index (χ0n) is 17.5. The number of amidine groups is 1. The van der Waals surface area contributed by atoms with Crippen molar-refractivity contribution in [3.05, 3.63) is 83.9 Å². The summed E-state index contributed by atoms with van der Waals surface area (Å²) in [4.78, 5) is 11.9. The molecule has 0 bridgehead atoms. The molecule has 0 saturated heterocycles. The average Bonchev–Trinajstić information content (AvgIpc) is 2.81. The Morgan fingerprint density at radius 3 is 2.39 bits per heavy atom. The second-order valence-electron chi connectivity index (χ2n) is 7.31. The molecule has 9 heteroatoms. The molecule has 1 aromatic heterocycles. The van der Waals surface area contributed by atoms with Crippen molar-refractivity contribution in [1.29, 1.82) is 0 Å². The quantitative estimate of drug-likeness (QED) is 0.156. The summed E-state index contributed by atoms with van der Waals surface area (Å²) < 4.78 is 40.6. The van der Waals surface area contributed by atoms with Gasteiger partial charge in [0, 0.05) is 16.6 Å². The van der Waals surface area contributed by atoms with Gasteiger partial charge in [0.25, 0.3) is 5.84 Å². The molecular weight excluding hydrogens is 429 g/mol. The molecule has 0 radical (unpaired) electrons. The number of aromatic nitrogens is 2. The predicted octanol–water partition coefficient (Wildman–Crippen LogP) is 2.80. The standard InChI is InChI=1S/C24H21F3N6/c25-24(26,27)18-10-4-1-7-15(18)23-32-20-12-6-3-9-17(20)22(33-23)31-14-13-30-21(29)16-8-2-5-11-19(16)28/h1-12H,13-14,28H2,(H2,29,30)(H,31,32,33)/p+1. The number of hydrogen-bond acceptors (Lipinski definition) is 4.